The maximum atomic E-state index is 10.9. The zero-order chi connectivity index (χ0) is 13.7. The van der Waals surface area contributed by atoms with E-state index in [1.807, 2.05) is 25.1 Å². The maximum Gasteiger partial charge on any atom is 0.331 e. The molecule has 19 heavy (non-hydrogen) atoms. The van der Waals surface area contributed by atoms with E-state index in [9.17, 15) is 4.79 Å². The Balaban J connectivity index is 2.08. The van der Waals surface area contributed by atoms with Gasteiger partial charge in [0.1, 0.15) is 0 Å². The monoisotopic (exact) mass is 255 g/mol. The Hall–Kier alpha value is -2.29. The first-order chi connectivity index (χ1) is 9.20. The number of nitrogens with one attached hydrogen (secondary N) is 1. The molecule has 0 aliphatic heterocycles. The summed E-state index contributed by atoms with van der Waals surface area (Å²) in [5, 5.41) is 14.5. The molecule has 2 rings (SSSR count). The molecule has 2 aromatic rings. The lowest BCUT2D eigenvalue weighted by Gasteiger charge is -2.06. The van der Waals surface area contributed by atoms with Gasteiger partial charge in [0.25, 0.3) is 0 Å². The number of rotatable bonds is 5. The highest BCUT2D eigenvalue weighted by Crippen LogP contribution is 2.18. The first-order valence-electron chi connectivity index (χ1n) is 6.35. The molecule has 2 aromatic carbocycles. The van der Waals surface area contributed by atoms with Crippen molar-refractivity contribution in [1.82, 2.24) is 0 Å². The molecule has 0 radical (unpaired) electrons. The quantitative estimate of drug-likeness (QED) is 0.801. The molecule has 98 valence electrons. The van der Waals surface area contributed by atoms with Crippen LogP contribution in [0.4, 0.5) is 5.69 Å². The molecule has 0 aliphatic carbocycles. The Morgan fingerprint density at radius 3 is 2.63 bits per heavy atom. The van der Waals surface area contributed by atoms with Gasteiger partial charge in [-0.25, -0.2) is 4.79 Å². The SMILES string of the molecule is CC/C(=C/CNc1ccc2ccccc2c1)C(=O)O. The predicted octanol–water partition coefficient (Wildman–Crippen LogP) is 3.67. The molecule has 0 saturated heterocycles. The second-order valence-corrected chi connectivity index (χ2v) is 4.33. The summed E-state index contributed by atoms with van der Waals surface area (Å²) in [6, 6.07) is 14.3. The Kier molecular flexibility index (Phi) is 4.18. The van der Waals surface area contributed by atoms with E-state index < -0.39 is 5.97 Å². The maximum absolute atomic E-state index is 10.9. The van der Waals surface area contributed by atoms with E-state index in [0.717, 1.165) is 5.69 Å². The van der Waals surface area contributed by atoms with Crippen molar-refractivity contribution >= 4 is 22.4 Å². The van der Waals surface area contributed by atoms with Crippen LogP contribution in [0.25, 0.3) is 10.8 Å². The second kappa shape index (κ2) is 6.05. The minimum atomic E-state index is -0.845. The predicted molar refractivity (Wildman–Crippen MR) is 78.4 cm³/mol. The number of anilines is 1. The summed E-state index contributed by atoms with van der Waals surface area (Å²) in [6.45, 7) is 2.36. The van der Waals surface area contributed by atoms with Gasteiger partial charge in [0.2, 0.25) is 0 Å². The number of carboxylic acids is 1. The lowest BCUT2D eigenvalue weighted by atomic mass is 10.1. The van der Waals surface area contributed by atoms with Crippen LogP contribution in [0.3, 0.4) is 0 Å². The molecular weight excluding hydrogens is 238 g/mol. The molecule has 0 aliphatic rings. The second-order valence-electron chi connectivity index (χ2n) is 4.33. The van der Waals surface area contributed by atoms with Gasteiger partial charge in [-0.15, -0.1) is 0 Å². The van der Waals surface area contributed by atoms with E-state index in [1.165, 1.54) is 10.8 Å². The third kappa shape index (κ3) is 3.35. The smallest absolute Gasteiger partial charge is 0.331 e. The fraction of sp³-hybridized carbons (Fsp3) is 0.188. The van der Waals surface area contributed by atoms with Crippen LogP contribution in [0.2, 0.25) is 0 Å². The van der Waals surface area contributed by atoms with E-state index in [0.29, 0.717) is 18.5 Å². The van der Waals surface area contributed by atoms with Gasteiger partial charge < -0.3 is 10.4 Å². The zero-order valence-electron chi connectivity index (χ0n) is 10.9. The van der Waals surface area contributed by atoms with Crippen LogP contribution in [0.5, 0.6) is 0 Å². The normalized spacial score (nSPS) is 11.5. The molecule has 0 bridgehead atoms. The first-order valence-corrected chi connectivity index (χ1v) is 6.35. The van der Waals surface area contributed by atoms with Crippen molar-refractivity contribution in [1.29, 1.82) is 0 Å². The van der Waals surface area contributed by atoms with Crippen LogP contribution < -0.4 is 5.32 Å². The van der Waals surface area contributed by atoms with Crippen LogP contribution in [0.15, 0.2) is 54.1 Å². The van der Waals surface area contributed by atoms with Crippen molar-refractivity contribution in [3.63, 3.8) is 0 Å². The lowest BCUT2D eigenvalue weighted by molar-refractivity contribution is -0.132. The summed E-state index contributed by atoms with van der Waals surface area (Å²) in [5.74, 6) is -0.845. The summed E-state index contributed by atoms with van der Waals surface area (Å²) < 4.78 is 0. The Bertz CT molecular complexity index is 617. The van der Waals surface area contributed by atoms with Crippen molar-refractivity contribution in [2.45, 2.75) is 13.3 Å². The largest absolute Gasteiger partial charge is 0.478 e. The molecule has 0 fully saturated rings. The summed E-state index contributed by atoms with van der Waals surface area (Å²) in [5.41, 5.74) is 1.43. The molecule has 0 spiro atoms. The number of carboxylic acid groups (broad SMARTS) is 1. The third-order valence-electron chi connectivity index (χ3n) is 3.06. The van der Waals surface area contributed by atoms with Crippen LogP contribution in [-0.2, 0) is 4.79 Å². The van der Waals surface area contributed by atoms with Gasteiger partial charge in [-0.3, -0.25) is 0 Å². The van der Waals surface area contributed by atoms with Crippen LogP contribution >= 0.6 is 0 Å². The average molecular weight is 255 g/mol. The van der Waals surface area contributed by atoms with Crippen LogP contribution in [0.1, 0.15) is 13.3 Å². The highest BCUT2D eigenvalue weighted by Gasteiger charge is 2.02. The van der Waals surface area contributed by atoms with E-state index >= 15 is 0 Å². The van der Waals surface area contributed by atoms with Crippen molar-refractivity contribution in [3.8, 4) is 0 Å². The molecule has 0 aromatic heterocycles. The number of benzene rings is 2. The standard InChI is InChI=1S/C16H17NO2/c1-2-12(16(18)19)9-10-17-15-8-7-13-5-3-4-6-14(13)11-15/h3-9,11,17H,2,10H2,1H3,(H,18,19)/b12-9-. The first kappa shape index (κ1) is 13.1. The molecular formula is C16H17NO2. The topological polar surface area (TPSA) is 49.3 Å². The summed E-state index contributed by atoms with van der Waals surface area (Å²) in [4.78, 5) is 10.9. The van der Waals surface area contributed by atoms with E-state index in [2.05, 4.69) is 29.6 Å². The van der Waals surface area contributed by atoms with Crippen molar-refractivity contribution < 1.29 is 9.90 Å². The van der Waals surface area contributed by atoms with Crippen LogP contribution in [0, 0.1) is 0 Å². The van der Waals surface area contributed by atoms with Crippen molar-refractivity contribution in [2.75, 3.05) is 11.9 Å². The van der Waals surface area contributed by atoms with Gasteiger partial charge in [0, 0.05) is 17.8 Å². The van der Waals surface area contributed by atoms with Gasteiger partial charge in [0.05, 0.1) is 0 Å². The number of hydrogen-bond donors (Lipinski definition) is 2. The molecule has 0 amide bonds. The Morgan fingerprint density at radius 1 is 1.21 bits per heavy atom. The fourth-order valence-electron chi connectivity index (χ4n) is 1.97. The van der Waals surface area contributed by atoms with E-state index in [4.69, 9.17) is 5.11 Å². The average Bonchev–Trinajstić information content (AvgIpc) is 2.43. The lowest BCUT2D eigenvalue weighted by Crippen LogP contribution is -2.04. The summed E-state index contributed by atoms with van der Waals surface area (Å²) in [7, 11) is 0. The van der Waals surface area contributed by atoms with Gasteiger partial charge in [-0.05, 0) is 29.3 Å². The van der Waals surface area contributed by atoms with Gasteiger partial charge in [-0.2, -0.15) is 0 Å². The summed E-state index contributed by atoms with van der Waals surface area (Å²) in [6.07, 6.45) is 2.26. The van der Waals surface area contributed by atoms with E-state index in [1.54, 1.807) is 6.08 Å². The van der Waals surface area contributed by atoms with E-state index in [-0.39, 0.29) is 0 Å². The highest BCUT2D eigenvalue weighted by atomic mass is 16.4. The minimum Gasteiger partial charge on any atom is -0.478 e. The van der Waals surface area contributed by atoms with Crippen LogP contribution in [-0.4, -0.2) is 17.6 Å². The molecule has 3 heteroatoms. The van der Waals surface area contributed by atoms with Crippen molar-refractivity contribution in [2.24, 2.45) is 0 Å². The highest BCUT2D eigenvalue weighted by molar-refractivity contribution is 5.87. The molecule has 0 unspecified atom stereocenters. The van der Waals surface area contributed by atoms with Gasteiger partial charge in [-0.1, -0.05) is 43.3 Å². The minimum absolute atomic E-state index is 0.438. The molecule has 2 N–H and O–H groups in total. The molecule has 0 heterocycles. The van der Waals surface area contributed by atoms with Gasteiger partial charge >= 0.3 is 5.97 Å². The number of hydrogen-bond acceptors (Lipinski definition) is 2. The number of carbonyl (C=O) groups is 1. The third-order valence-corrected chi connectivity index (χ3v) is 3.06. The summed E-state index contributed by atoms with van der Waals surface area (Å²) >= 11 is 0. The Labute approximate surface area is 112 Å². The Morgan fingerprint density at radius 2 is 1.95 bits per heavy atom. The zero-order valence-corrected chi connectivity index (χ0v) is 10.9. The number of aliphatic carboxylic acids is 1. The van der Waals surface area contributed by atoms with Gasteiger partial charge in [0.15, 0.2) is 0 Å². The molecule has 0 saturated carbocycles. The molecule has 0 atom stereocenters. The number of fused-ring (bicyclic) bond motifs is 1. The molecule has 3 nitrogen and oxygen atoms in total. The van der Waals surface area contributed by atoms with Crippen molar-refractivity contribution in [3.05, 3.63) is 54.1 Å². The fourth-order valence-corrected chi connectivity index (χ4v) is 1.97.